The Bertz CT molecular complexity index is 152. The van der Waals surface area contributed by atoms with Crippen molar-refractivity contribution in [3.8, 4) is 0 Å². The number of aliphatic hydroxyl groups is 1. The number of aliphatic hydroxyl groups excluding tert-OH is 1. The SMILES string of the molecule is CC(O)CC1=CCN(C)CC1. The molecule has 0 aromatic rings. The first-order valence-corrected chi connectivity index (χ1v) is 4.23. The van der Waals surface area contributed by atoms with Crippen molar-refractivity contribution in [3.05, 3.63) is 11.6 Å². The van der Waals surface area contributed by atoms with Gasteiger partial charge >= 0.3 is 0 Å². The quantitative estimate of drug-likeness (QED) is 0.602. The second kappa shape index (κ2) is 3.88. The lowest BCUT2D eigenvalue weighted by atomic mass is 10.0. The van der Waals surface area contributed by atoms with Crippen molar-refractivity contribution in [3.63, 3.8) is 0 Å². The van der Waals surface area contributed by atoms with E-state index in [0.29, 0.717) is 0 Å². The average molecular weight is 155 g/mol. The summed E-state index contributed by atoms with van der Waals surface area (Å²) in [7, 11) is 2.12. The van der Waals surface area contributed by atoms with Crippen LogP contribution >= 0.6 is 0 Å². The van der Waals surface area contributed by atoms with E-state index in [4.69, 9.17) is 5.11 Å². The van der Waals surface area contributed by atoms with Gasteiger partial charge in [-0.25, -0.2) is 0 Å². The monoisotopic (exact) mass is 155 g/mol. The van der Waals surface area contributed by atoms with Crippen LogP contribution in [0.15, 0.2) is 11.6 Å². The van der Waals surface area contributed by atoms with Gasteiger partial charge in [0.1, 0.15) is 0 Å². The summed E-state index contributed by atoms with van der Waals surface area (Å²) in [5, 5.41) is 9.12. The minimum Gasteiger partial charge on any atom is -0.393 e. The first kappa shape index (κ1) is 8.75. The fourth-order valence-electron chi connectivity index (χ4n) is 1.38. The van der Waals surface area contributed by atoms with Crippen LogP contribution in [0.2, 0.25) is 0 Å². The standard InChI is InChI=1S/C9H17NO/c1-8(11)7-9-3-5-10(2)6-4-9/h3,8,11H,4-7H2,1-2H3. The highest BCUT2D eigenvalue weighted by atomic mass is 16.3. The van der Waals surface area contributed by atoms with Gasteiger partial charge in [-0.1, -0.05) is 11.6 Å². The molecule has 1 aliphatic heterocycles. The van der Waals surface area contributed by atoms with E-state index in [0.717, 1.165) is 25.9 Å². The molecule has 0 saturated carbocycles. The van der Waals surface area contributed by atoms with E-state index in [1.807, 2.05) is 6.92 Å². The first-order chi connectivity index (χ1) is 5.18. The minimum atomic E-state index is -0.176. The summed E-state index contributed by atoms with van der Waals surface area (Å²) in [4.78, 5) is 2.28. The van der Waals surface area contributed by atoms with Gasteiger partial charge in [-0.3, -0.25) is 0 Å². The number of likely N-dealkylation sites (N-methyl/N-ethyl adjacent to an activating group) is 1. The molecular weight excluding hydrogens is 138 g/mol. The van der Waals surface area contributed by atoms with E-state index < -0.39 is 0 Å². The summed E-state index contributed by atoms with van der Waals surface area (Å²) in [6, 6.07) is 0. The molecule has 0 aliphatic carbocycles. The molecular formula is C9H17NO. The zero-order valence-corrected chi connectivity index (χ0v) is 7.38. The summed E-state index contributed by atoms with van der Waals surface area (Å²) in [6.45, 7) is 4.03. The van der Waals surface area contributed by atoms with Crippen LogP contribution in [-0.4, -0.2) is 36.2 Å². The van der Waals surface area contributed by atoms with Gasteiger partial charge in [0.05, 0.1) is 6.10 Å². The Morgan fingerprint density at radius 3 is 2.91 bits per heavy atom. The van der Waals surface area contributed by atoms with Crippen LogP contribution < -0.4 is 0 Å². The third-order valence-electron chi connectivity index (χ3n) is 2.06. The van der Waals surface area contributed by atoms with Crippen LogP contribution in [0.1, 0.15) is 19.8 Å². The highest BCUT2D eigenvalue weighted by Gasteiger charge is 2.08. The zero-order chi connectivity index (χ0) is 8.27. The van der Waals surface area contributed by atoms with Crippen molar-refractivity contribution >= 4 is 0 Å². The predicted molar refractivity (Wildman–Crippen MR) is 46.5 cm³/mol. The van der Waals surface area contributed by atoms with Crippen molar-refractivity contribution in [2.24, 2.45) is 0 Å². The molecule has 1 rings (SSSR count). The van der Waals surface area contributed by atoms with E-state index in [1.54, 1.807) is 0 Å². The Morgan fingerprint density at radius 1 is 1.73 bits per heavy atom. The van der Waals surface area contributed by atoms with E-state index in [-0.39, 0.29) is 6.10 Å². The van der Waals surface area contributed by atoms with Crippen molar-refractivity contribution in [2.45, 2.75) is 25.9 Å². The van der Waals surface area contributed by atoms with Crippen LogP contribution in [0.4, 0.5) is 0 Å². The molecule has 0 bridgehead atoms. The molecule has 0 amide bonds. The third kappa shape index (κ3) is 3.04. The molecule has 0 fully saturated rings. The molecule has 0 saturated heterocycles. The van der Waals surface area contributed by atoms with Gasteiger partial charge in [0.25, 0.3) is 0 Å². The molecule has 0 spiro atoms. The highest BCUT2D eigenvalue weighted by Crippen LogP contribution is 2.14. The van der Waals surface area contributed by atoms with Crippen LogP contribution in [0.25, 0.3) is 0 Å². The Balaban J connectivity index is 2.35. The van der Waals surface area contributed by atoms with Crippen molar-refractivity contribution < 1.29 is 5.11 Å². The van der Waals surface area contributed by atoms with E-state index in [9.17, 15) is 0 Å². The lowest BCUT2D eigenvalue weighted by molar-refractivity contribution is 0.191. The van der Waals surface area contributed by atoms with E-state index in [2.05, 4.69) is 18.0 Å². The summed E-state index contributed by atoms with van der Waals surface area (Å²) >= 11 is 0. The number of hydrogen-bond acceptors (Lipinski definition) is 2. The molecule has 1 aliphatic rings. The summed E-state index contributed by atoms with van der Waals surface area (Å²) in [6.07, 6.45) is 4.04. The summed E-state index contributed by atoms with van der Waals surface area (Å²) < 4.78 is 0. The molecule has 64 valence electrons. The number of hydrogen-bond donors (Lipinski definition) is 1. The van der Waals surface area contributed by atoms with Gasteiger partial charge in [-0.2, -0.15) is 0 Å². The fraction of sp³-hybridized carbons (Fsp3) is 0.778. The molecule has 0 aromatic heterocycles. The maximum absolute atomic E-state index is 9.12. The summed E-state index contributed by atoms with van der Waals surface area (Å²) in [5.41, 5.74) is 1.41. The molecule has 1 heterocycles. The number of nitrogens with zero attached hydrogens (tertiary/aromatic N) is 1. The maximum Gasteiger partial charge on any atom is 0.0549 e. The smallest absolute Gasteiger partial charge is 0.0549 e. The van der Waals surface area contributed by atoms with Crippen LogP contribution in [-0.2, 0) is 0 Å². The third-order valence-corrected chi connectivity index (χ3v) is 2.06. The second-order valence-electron chi connectivity index (χ2n) is 3.43. The van der Waals surface area contributed by atoms with E-state index in [1.165, 1.54) is 5.57 Å². The molecule has 1 unspecified atom stereocenters. The van der Waals surface area contributed by atoms with Gasteiger partial charge in [-0.15, -0.1) is 0 Å². The van der Waals surface area contributed by atoms with Crippen molar-refractivity contribution in [1.82, 2.24) is 4.90 Å². The van der Waals surface area contributed by atoms with Gasteiger partial charge in [-0.05, 0) is 26.8 Å². The topological polar surface area (TPSA) is 23.5 Å². The minimum absolute atomic E-state index is 0.176. The first-order valence-electron chi connectivity index (χ1n) is 4.23. The molecule has 0 aromatic carbocycles. The predicted octanol–water partition coefficient (Wildman–Crippen LogP) is 1.02. The molecule has 2 heteroatoms. The Kier molecular flexibility index (Phi) is 3.09. The Morgan fingerprint density at radius 2 is 2.45 bits per heavy atom. The van der Waals surface area contributed by atoms with E-state index >= 15 is 0 Å². The van der Waals surface area contributed by atoms with Gasteiger partial charge in [0.15, 0.2) is 0 Å². The molecule has 0 radical (unpaired) electrons. The number of rotatable bonds is 2. The molecule has 1 N–H and O–H groups in total. The van der Waals surface area contributed by atoms with Crippen molar-refractivity contribution in [1.29, 1.82) is 0 Å². The van der Waals surface area contributed by atoms with Crippen molar-refractivity contribution in [2.75, 3.05) is 20.1 Å². The van der Waals surface area contributed by atoms with Crippen LogP contribution in [0, 0.1) is 0 Å². The summed E-state index contributed by atoms with van der Waals surface area (Å²) in [5.74, 6) is 0. The zero-order valence-electron chi connectivity index (χ0n) is 7.38. The second-order valence-corrected chi connectivity index (χ2v) is 3.43. The Labute approximate surface area is 68.5 Å². The average Bonchev–Trinajstić information content (AvgIpc) is 1.93. The normalized spacial score (nSPS) is 23.0. The molecule has 2 nitrogen and oxygen atoms in total. The molecule has 11 heavy (non-hydrogen) atoms. The fourth-order valence-corrected chi connectivity index (χ4v) is 1.38. The van der Waals surface area contributed by atoms with Gasteiger partial charge in [0, 0.05) is 13.1 Å². The maximum atomic E-state index is 9.12. The lowest BCUT2D eigenvalue weighted by Crippen LogP contribution is -2.24. The van der Waals surface area contributed by atoms with Crippen LogP contribution in [0.5, 0.6) is 0 Å². The van der Waals surface area contributed by atoms with Gasteiger partial charge in [0.2, 0.25) is 0 Å². The Hall–Kier alpha value is -0.340. The lowest BCUT2D eigenvalue weighted by Gasteiger charge is -2.22. The van der Waals surface area contributed by atoms with Crippen LogP contribution in [0.3, 0.4) is 0 Å². The largest absolute Gasteiger partial charge is 0.393 e. The van der Waals surface area contributed by atoms with Gasteiger partial charge < -0.3 is 10.0 Å². The highest BCUT2D eigenvalue weighted by molar-refractivity contribution is 5.07. The molecule has 1 atom stereocenters.